The van der Waals surface area contributed by atoms with Gasteiger partial charge in [0.2, 0.25) is 11.8 Å². The molecule has 2 amide bonds. The quantitative estimate of drug-likeness (QED) is 0.261. The number of nitrogens with one attached hydrogen (secondary N) is 1. The molecule has 2 N–H and O–H groups in total. The Morgan fingerprint density at radius 1 is 1.39 bits per heavy atom. The van der Waals surface area contributed by atoms with Crippen LogP contribution in [-0.2, 0) is 19.1 Å². The number of amides is 2. The summed E-state index contributed by atoms with van der Waals surface area (Å²) >= 11 is 5.32. The highest BCUT2D eigenvalue weighted by atomic mass is 79.9. The van der Waals surface area contributed by atoms with E-state index in [9.17, 15) is 19.5 Å². The smallest absolute Gasteiger partial charge is 0.310 e. The van der Waals surface area contributed by atoms with Crippen LogP contribution in [0.25, 0.3) is 0 Å². The SMILES string of the molecule is CCCCNC(=O)C1N([C@@H](CO)CC(C)C)C(=O)[C@@H]2[C@H](C(=O)OCC)[C@H]3SC12CC3Br. The Bertz CT molecular complexity index is 707. The van der Waals surface area contributed by atoms with E-state index in [1.807, 2.05) is 13.8 Å². The molecule has 176 valence electrons. The molecule has 0 aromatic carbocycles. The molecule has 2 bridgehead atoms. The van der Waals surface area contributed by atoms with Gasteiger partial charge in [-0.15, -0.1) is 11.8 Å². The van der Waals surface area contributed by atoms with Crippen molar-refractivity contribution >= 4 is 45.5 Å². The largest absolute Gasteiger partial charge is 0.466 e. The Kier molecular flexibility index (Phi) is 8.01. The first-order chi connectivity index (χ1) is 14.7. The van der Waals surface area contributed by atoms with Gasteiger partial charge in [-0.3, -0.25) is 14.4 Å². The minimum Gasteiger partial charge on any atom is -0.466 e. The van der Waals surface area contributed by atoms with Crippen LogP contribution in [-0.4, -0.2) is 74.5 Å². The van der Waals surface area contributed by atoms with Crippen LogP contribution >= 0.6 is 27.7 Å². The highest BCUT2D eigenvalue weighted by Gasteiger charge is 2.76. The van der Waals surface area contributed by atoms with E-state index in [2.05, 4.69) is 28.2 Å². The van der Waals surface area contributed by atoms with Gasteiger partial charge in [0.05, 0.1) is 35.8 Å². The lowest BCUT2D eigenvalue weighted by Gasteiger charge is -2.37. The maximum Gasteiger partial charge on any atom is 0.310 e. The standard InChI is InChI=1S/C22H35BrN2O5S/c1-5-7-8-24-19(27)18-22-10-14(23)17(31-22)15(21(29)30-6-2)16(22)20(28)25(18)13(11-26)9-12(3)4/h12-18,26H,5-11H2,1-4H3,(H,24,27)/t13-,14?,15+,16+,17+,18?,22?/m1/s1. The number of thioether (sulfide) groups is 1. The molecule has 3 heterocycles. The lowest BCUT2D eigenvalue weighted by Crippen LogP contribution is -2.57. The molecule has 3 unspecified atom stereocenters. The van der Waals surface area contributed by atoms with Crippen LogP contribution in [0.4, 0.5) is 0 Å². The van der Waals surface area contributed by atoms with E-state index in [1.54, 1.807) is 23.6 Å². The number of ether oxygens (including phenoxy) is 1. The fourth-order valence-corrected chi connectivity index (χ4v) is 9.16. The zero-order chi connectivity index (χ0) is 22.9. The molecular formula is C22H35BrN2O5S. The highest BCUT2D eigenvalue weighted by Crippen LogP contribution is 2.68. The normalized spacial score (nSPS) is 34.9. The molecule has 0 saturated carbocycles. The number of carbonyl (C=O) groups excluding carboxylic acids is 3. The number of hydrogen-bond acceptors (Lipinski definition) is 6. The first kappa shape index (κ1) is 24.8. The summed E-state index contributed by atoms with van der Waals surface area (Å²) in [5.74, 6) is -1.66. The molecular weight excluding hydrogens is 484 g/mol. The fraction of sp³-hybridized carbons (Fsp3) is 0.864. The van der Waals surface area contributed by atoms with Crippen molar-refractivity contribution in [2.24, 2.45) is 17.8 Å². The Balaban J connectivity index is 2.02. The molecule has 1 spiro atoms. The summed E-state index contributed by atoms with van der Waals surface area (Å²) in [6.45, 7) is 8.49. The number of aliphatic hydroxyl groups is 1. The number of hydrogen-bond donors (Lipinski definition) is 2. The third-order valence-electron chi connectivity index (χ3n) is 6.71. The topological polar surface area (TPSA) is 95.9 Å². The summed E-state index contributed by atoms with van der Waals surface area (Å²) < 4.78 is 4.66. The maximum absolute atomic E-state index is 13.8. The van der Waals surface area contributed by atoms with Gasteiger partial charge in [0.1, 0.15) is 6.04 Å². The number of aliphatic hydroxyl groups excluding tert-OH is 1. The van der Waals surface area contributed by atoms with E-state index < -0.39 is 28.7 Å². The van der Waals surface area contributed by atoms with Crippen molar-refractivity contribution < 1.29 is 24.2 Å². The first-order valence-electron chi connectivity index (χ1n) is 11.4. The van der Waals surface area contributed by atoms with E-state index in [0.717, 1.165) is 12.8 Å². The van der Waals surface area contributed by atoms with E-state index >= 15 is 0 Å². The number of carbonyl (C=O) groups is 3. The number of likely N-dealkylation sites (tertiary alicyclic amines) is 1. The van der Waals surface area contributed by atoms with Gasteiger partial charge in [-0.1, -0.05) is 43.1 Å². The first-order valence-corrected chi connectivity index (χ1v) is 13.2. The van der Waals surface area contributed by atoms with Gasteiger partial charge in [-0.2, -0.15) is 0 Å². The van der Waals surface area contributed by atoms with E-state index in [0.29, 0.717) is 19.4 Å². The lowest BCUT2D eigenvalue weighted by molar-refractivity contribution is -0.154. The zero-order valence-electron chi connectivity index (χ0n) is 18.8. The van der Waals surface area contributed by atoms with Crippen molar-refractivity contribution in [1.29, 1.82) is 0 Å². The molecule has 3 aliphatic heterocycles. The van der Waals surface area contributed by atoms with Gasteiger partial charge in [0, 0.05) is 16.6 Å². The number of halogens is 1. The van der Waals surface area contributed by atoms with Crippen LogP contribution in [0.3, 0.4) is 0 Å². The number of esters is 1. The van der Waals surface area contributed by atoms with E-state index in [-0.39, 0.29) is 47.0 Å². The molecule has 0 aliphatic carbocycles. The number of unbranched alkanes of at least 4 members (excludes halogenated alkanes) is 1. The van der Waals surface area contributed by atoms with Crippen molar-refractivity contribution in [3.63, 3.8) is 0 Å². The highest BCUT2D eigenvalue weighted by molar-refractivity contribution is 9.09. The number of nitrogens with zero attached hydrogens (tertiary/aromatic N) is 1. The van der Waals surface area contributed by atoms with Gasteiger partial charge in [-0.25, -0.2) is 0 Å². The second kappa shape index (κ2) is 10.00. The van der Waals surface area contributed by atoms with Gasteiger partial charge >= 0.3 is 5.97 Å². The molecule has 3 fully saturated rings. The number of fused-ring (bicyclic) bond motifs is 1. The Labute approximate surface area is 197 Å². The summed E-state index contributed by atoms with van der Waals surface area (Å²) in [5.41, 5.74) is 0. The van der Waals surface area contributed by atoms with Crippen molar-refractivity contribution in [2.45, 2.75) is 80.3 Å². The fourth-order valence-electron chi connectivity index (χ4n) is 5.57. The summed E-state index contributed by atoms with van der Waals surface area (Å²) in [4.78, 5) is 41.9. The molecule has 3 rings (SSSR count). The molecule has 7 atom stereocenters. The van der Waals surface area contributed by atoms with Crippen LogP contribution in [0, 0.1) is 17.8 Å². The minimum atomic E-state index is -0.702. The average Bonchev–Trinajstić information content (AvgIpc) is 3.30. The number of alkyl halides is 1. The molecule has 7 nitrogen and oxygen atoms in total. The van der Waals surface area contributed by atoms with Gasteiger partial charge in [0.25, 0.3) is 0 Å². The predicted octanol–water partition coefficient (Wildman–Crippen LogP) is 2.34. The summed E-state index contributed by atoms with van der Waals surface area (Å²) in [6.07, 6.45) is 3.05. The maximum atomic E-state index is 13.8. The molecule has 0 aromatic heterocycles. The summed E-state index contributed by atoms with van der Waals surface area (Å²) in [5, 5.41) is 13.1. The molecule has 0 radical (unpaired) electrons. The van der Waals surface area contributed by atoms with Crippen molar-refractivity contribution in [2.75, 3.05) is 19.8 Å². The Morgan fingerprint density at radius 2 is 2.10 bits per heavy atom. The number of rotatable bonds is 10. The monoisotopic (exact) mass is 518 g/mol. The van der Waals surface area contributed by atoms with Crippen LogP contribution in [0.1, 0.15) is 53.4 Å². The second-order valence-corrected chi connectivity index (χ2v) is 12.0. The summed E-state index contributed by atoms with van der Waals surface area (Å²) in [6, 6.07) is -1.15. The van der Waals surface area contributed by atoms with Crippen LogP contribution in [0.2, 0.25) is 0 Å². The third kappa shape index (κ3) is 4.26. The second-order valence-electron chi connectivity index (χ2n) is 9.27. The van der Waals surface area contributed by atoms with E-state index in [4.69, 9.17) is 4.74 Å². The summed E-state index contributed by atoms with van der Waals surface area (Å²) in [7, 11) is 0. The molecule has 9 heteroatoms. The van der Waals surface area contributed by atoms with Crippen molar-refractivity contribution in [3.05, 3.63) is 0 Å². The Morgan fingerprint density at radius 3 is 2.68 bits per heavy atom. The van der Waals surface area contributed by atoms with Crippen molar-refractivity contribution in [3.8, 4) is 0 Å². The van der Waals surface area contributed by atoms with Crippen molar-refractivity contribution in [1.82, 2.24) is 10.2 Å². The van der Waals surface area contributed by atoms with Crippen LogP contribution < -0.4 is 5.32 Å². The molecule has 3 aliphatic rings. The Hall–Kier alpha value is -0.800. The zero-order valence-corrected chi connectivity index (χ0v) is 21.2. The van der Waals surface area contributed by atoms with Crippen LogP contribution in [0.15, 0.2) is 0 Å². The average molecular weight is 520 g/mol. The van der Waals surface area contributed by atoms with Gasteiger partial charge in [0.15, 0.2) is 0 Å². The predicted molar refractivity (Wildman–Crippen MR) is 124 cm³/mol. The van der Waals surface area contributed by atoms with E-state index in [1.165, 1.54) is 0 Å². The molecule has 31 heavy (non-hydrogen) atoms. The molecule has 0 aromatic rings. The third-order valence-corrected chi connectivity index (χ3v) is 9.93. The molecule has 3 saturated heterocycles. The lowest BCUT2D eigenvalue weighted by atomic mass is 9.71. The van der Waals surface area contributed by atoms with Gasteiger partial charge in [-0.05, 0) is 32.1 Å². The van der Waals surface area contributed by atoms with Crippen LogP contribution in [0.5, 0.6) is 0 Å². The minimum absolute atomic E-state index is 0.0273. The van der Waals surface area contributed by atoms with Gasteiger partial charge < -0.3 is 20.1 Å².